The Hall–Kier alpha value is -3.42. The molecule has 0 aliphatic heterocycles. The van der Waals surface area contributed by atoms with Gasteiger partial charge in [0.2, 0.25) is 5.75 Å². The van der Waals surface area contributed by atoms with Crippen LogP contribution < -0.4 is 14.2 Å². The zero-order valence-corrected chi connectivity index (χ0v) is 22.4. The van der Waals surface area contributed by atoms with Crippen molar-refractivity contribution in [1.29, 1.82) is 0 Å². The maximum absolute atomic E-state index is 13.0. The van der Waals surface area contributed by atoms with Gasteiger partial charge in [-0.25, -0.2) is 4.98 Å². The lowest BCUT2D eigenvalue weighted by Gasteiger charge is -2.30. The van der Waals surface area contributed by atoms with Crippen molar-refractivity contribution in [2.75, 3.05) is 7.11 Å². The summed E-state index contributed by atoms with van der Waals surface area (Å²) in [6.45, 7) is 12.8. The Morgan fingerprint density at radius 2 is 1.61 bits per heavy atom. The lowest BCUT2D eigenvalue weighted by molar-refractivity contribution is -0.154. The minimum atomic E-state index is -0.743. The fourth-order valence-electron chi connectivity index (χ4n) is 4.13. The van der Waals surface area contributed by atoms with Gasteiger partial charge in [0.05, 0.1) is 19.1 Å². The molecular formula is C28H37NO7. The van der Waals surface area contributed by atoms with Crippen molar-refractivity contribution in [3.05, 3.63) is 47.8 Å². The first kappa shape index (κ1) is 28.8. The molecule has 8 nitrogen and oxygen atoms in total. The Morgan fingerprint density at radius 3 is 2.19 bits per heavy atom. The first-order chi connectivity index (χ1) is 17.0. The number of esters is 2. The summed E-state index contributed by atoms with van der Waals surface area (Å²) in [5.41, 5.74) is 0.897. The number of hydrogen-bond donors (Lipinski definition) is 0. The lowest BCUT2D eigenvalue weighted by atomic mass is 9.83. The lowest BCUT2D eigenvalue weighted by Crippen LogP contribution is -2.30. The summed E-state index contributed by atoms with van der Waals surface area (Å²) in [5.74, 6) is -1.36. The molecule has 0 radical (unpaired) electrons. The fourth-order valence-corrected chi connectivity index (χ4v) is 4.13. The minimum absolute atomic E-state index is 0.00458. The number of rotatable bonds is 12. The van der Waals surface area contributed by atoms with Gasteiger partial charge in [-0.1, -0.05) is 39.0 Å². The van der Waals surface area contributed by atoms with Crippen LogP contribution in [0, 0.1) is 11.8 Å². The Balaban J connectivity index is 2.19. The van der Waals surface area contributed by atoms with Crippen LogP contribution >= 0.6 is 0 Å². The number of Topliss-reactive ketones (excluding diaryl/α,β-unsaturated/α-hetero) is 1. The largest absolute Gasteiger partial charge is 0.493 e. The third-order valence-corrected chi connectivity index (χ3v) is 5.66. The summed E-state index contributed by atoms with van der Waals surface area (Å²) in [6.07, 6.45) is 0.761. The molecule has 0 N–H and O–H groups in total. The first-order valence-corrected chi connectivity index (χ1v) is 12.2. The quantitative estimate of drug-likeness (QED) is 0.283. The normalized spacial score (nSPS) is 13.6. The van der Waals surface area contributed by atoms with Gasteiger partial charge in [-0.3, -0.25) is 14.4 Å². The number of carbonyl (C=O) groups is 3. The Morgan fingerprint density at radius 1 is 0.944 bits per heavy atom. The summed E-state index contributed by atoms with van der Waals surface area (Å²) in [4.78, 5) is 41.6. The predicted molar refractivity (Wildman–Crippen MR) is 136 cm³/mol. The average Bonchev–Trinajstić information content (AvgIpc) is 2.79. The van der Waals surface area contributed by atoms with E-state index in [4.69, 9.17) is 18.9 Å². The molecule has 1 aromatic heterocycles. The number of aromatic nitrogens is 1. The third kappa shape index (κ3) is 7.54. The number of para-hydroxylation sites is 1. The van der Waals surface area contributed by atoms with Gasteiger partial charge >= 0.3 is 11.9 Å². The highest BCUT2D eigenvalue weighted by Crippen LogP contribution is 2.37. The van der Waals surface area contributed by atoms with Crippen LogP contribution in [0.2, 0.25) is 0 Å². The number of pyridine rings is 1. The molecule has 196 valence electrons. The molecule has 0 spiro atoms. The molecule has 2 rings (SSSR count). The van der Waals surface area contributed by atoms with Crippen molar-refractivity contribution in [3.63, 3.8) is 0 Å². The Kier molecular flexibility index (Phi) is 10.4. The van der Waals surface area contributed by atoms with Crippen LogP contribution in [0.1, 0.15) is 76.9 Å². The summed E-state index contributed by atoms with van der Waals surface area (Å²) in [5, 5.41) is 0. The minimum Gasteiger partial charge on any atom is -0.493 e. The second-order valence-electron chi connectivity index (χ2n) is 9.43. The number of ether oxygens (including phenoxy) is 4. The summed E-state index contributed by atoms with van der Waals surface area (Å²) in [6, 6.07) is 9.25. The number of benzene rings is 1. The second kappa shape index (κ2) is 13.0. The van der Waals surface area contributed by atoms with Crippen molar-refractivity contribution in [1.82, 2.24) is 4.98 Å². The van der Waals surface area contributed by atoms with Crippen LogP contribution in [0.5, 0.6) is 17.2 Å². The van der Waals surface area contributed by atoms with E-state index in [1.54, 1.807) is 6.92 Å². The molecule has 0 aliphatic rings. The molecule has 0 bridgehead atoms. The van der Waals surface area contributed by atoms with E-state index in [0.29, 0.717) is 0 Å². The molecule has 1 heterocycles. The molecule has 0 fully saturated rings. The molecule has 1 aromatic carbocycles. The van der Waals surface area contributed by atoms with Gasteiger partial charge in [-0.2, -0.15) is 0 Å². The average molecular weight is 500 g/mol. The van der Waals surface area contributed by atoms with Crippen molar-refractivity contribution in [2.24, 2.45) is 11.8 Å². The highest BCUT2D eigenvalue weighted by atomic mass is 16.6. The Bertz CT molecular complexity index is 1060. The van der Waals surface area contributed by atoms with Crippen molar-refractivity contribution in [2.45, 2.75) is 73.0 Å². The maximum Gasteiger partial charge on any atom is 0.309 e. The van der Waals surface area contributed by atoms with Crippen LogP contribution in [0.15, 0.2) is 36.5 Å². The second-order valence-corrected chi connectivity index (χ2v) is 9.43. The predicted octanol–water partition coefficient (Wildman–Crippen LogP) is 5.38. The van der Waals surface area contributed by atoms with Gasteiger partial charge in [-0.05, 0) is 32.8 Å². The van der Waals surface area contributed by atoms with E-state index >= 15 is 0 Å². The Labute approximate surface area is 213 Å². The molecule has 8 heteroatoms. The SMILES string of the molecule is COc1ccnc(C(=O)C[C@@H](C)C(=O)O[C@@H](C)[C@H](c2ccccc2OC(C)C)C(C)C)c1OC(C)=O. The summed E-state index contributed by atoms with van der Waals surface area (Å²) >= 11 is 0. The van der Waals surface area contributed by atoms with Gasteiger partial charge in [-0.15, -0.1) is 0 Å². The topological polar surface area (TPSA) is 101 Å². The maximum atomic E-state index is 13.0. The van der Waals surface area contributed by atoms with Gasteiger partial charge in [0.1, 0.15) is 11.9 Å². The summed E-state index contributed by atoms with van der Waals surface area (Å²) in [7, 11) is 1.40. The van der Waals surface area contributed by atoms with Gasteiger partial charge in [0, 0.05) is 37.1 Å². The van der Waals surface area contributed by atoms with E-state index in [9.17, 15) is 14.4 Å². The zero-order chi connectivity index (χ0) is 27.0. The number of methoxy groups -OCH3 is 1. The number of hydrogen-bond acceptors (Lipinski definition) is 8. The molecule has 0 unspecified atom stereocenters. The van der Waals surface area contributed by atoms with E-state index in [2.05, 4.69) is 18.8 Å². The van der Waals surface area contributed by atoms with Gasteiger partial charge < -0.3 is 18.9 Å². The van der Waals surface area contributed by atoms with Crippen molar-refractivity contribution < 1.29 is 33.3 Å². The van der Waals surface area contributed by atoms with Crippen molar-refractivity contribution in [3.8, 4) is 17.2 Å². The molecule has 3 atom stereocenters. The van der Waals surface area contributed by atoms with Crippen molar-refractivity contribution >= 4 is 17.7 Å². The van der Waals surface area contributed by atoms with E-state index < -0.39 is 29.7 Å². The molecule has 2 aromatic rings. The molecule has 0 saturated carbocycles. The van der Waals surface area contributed by atoms with Crippen LogP contribution in [0.3, 0.4) is 0 Å². The van der Waals surface area contributed by atoms with E-state index in [-0.39, 0.29) is 41.6 Å². The molecule has 0 amide bonds. The number of carbonyl (C=O) groups excluding carboxylic acids is 3. The monoisotopic (exact) mass is 499 g/mol. The molecule has 36 heavy (non-hydrogen) atoms. The standard InChI is InChI=1S/C28H37NO7/c1-16(2)25(21-11-9-10-12-23(21)34-17(3)4)19(6)35-28(32)18(5)15-22(31)26-27(36-20(7)30)24(33-8)13-14-29-26/h9-14,16-19,25H,15H2,1-8H3/t18-,19+,25-/m1/s1. The number of nitrogens with zero attached hydrogens (tertiary/aromatic N) is 1. The summed E-state index contributed by atoms with van der Waals surface area (Å²) < 4.78 is 22.2. The van der Waals surface area contributed by atoms with Gasteiger partial charge in [0.25, 0.3) is 0 Å². The van der Waals surface area contributed by atoms with E-state index in [1.807, 2.05) is 45.0 Å². The molecule has 0 aliphatic carbocycles. The highest BCUT2D eigenvalue weighted by Gasteiger charge is 2.31. The third-order valence-electron chi connectivity index (χ3n) is 5.66. The van der Waals surface area contributed by atoms with Crippen LogP contribution in [-0.4, -0.2) is 42.0 Å². The molecule has 0 saturated heterocycles. The fraction of sp³-hybridized carbons (Fsp3) is 0.500. The van der Waals surface area contributed by atoms with Crippen LogP contribution in [0.4, 0.5) is 0 Å². The smallest absolute Gasteiger partial charge is 0.309 e. The highest BCUT2D eigenvalue weighted by molar-refractivity contribution is 5.99. The first-order valence-electron chi connectivity index (χ1n) is 12.2. The number of ketones is 1. The van der Waals surface area contributed by atoms with Gasteiger partial charge in [0.15, 0.2) is 17.2 Å². The zero-order valence-electron chi connectivity index (χ0n) is 22.4. The van der Waals surface area contributed by atoms with E-state index in [0.717, 1.165) is 11.3 Å². The van der Waals surface area contributed by atoms with Crippen LogP contribution in [0.25, 0.3) is 0 Å². The van der Waals surface area contributed by atoms with Crippen LogP contribution in [-0.2, 0) is 14.3 Å². The van der Waals surface area contributed by atoms with E-state index in [1.165, 1.54) is 26.3 Å². The molecular weight excluding hydrogens is 462 g/mol.